The second-order valence-corrected chi connectivity index (χ2v) is 8.07. The third-order valence-electron chi connectivity index (χ3n) is 4.55. The van der Waals surface area contributed by atoms with Crippen LogP contribution in [0.15, 0.2) is 69.1 Å². The van der Waals surface area contributed by atoms with Gasteiger partial charge >= 0.3 is 8.16 Å². The molecule has 142 valence electrons. The molecule has 0 unspecified atom stereocenters. The van der Waals surface area contributed by atoms with Crippen molar-refractivity contribution >= 4 is 51.6 Å². The summed E-state index contributed by atoms with van der Waals surface area (Å²) in [6.45, 7) is 0. The van der Waals surface area contributed by atoms with Gasteiger partial charge in [-0.15, -0.1) is 56.6 Å². The molecule has 0 bridgehead atoms. The minimum absolute atomic E-state index is 0. The molecule has 3 nitrogen and oxygen atoms in total. The van der Waals surface area contributed by atoms with Crippen molar-refractivity contribution in [2.45, 2.75) is 0 Å². The Bertz CT molecular complexity index is 1230. The van der Waals surface area contributed by atoms with Gasteiger partial charge in [0.25, 0.3) is 0 Å². The van der Waals surface area contributed by atoms with Gasteiger partial charge in [-0.25, -0.2) is 4.67 Å². The Kier molecular flexibility index (Phi) is 6.49. The maximum atomic E-state index is 6.25. The summed E-state index contributed by atoms with van der Waals surface area (Å²) in [4.78, 5) is 0. The van der Waals surface area contributed by atoms with Crippen LogP contribution in [0.5, 0.6) is 0 Å². The van der Waals surface area contributed by atoms with Gasteiger partial charge in [0.15, 0.2) is 0 Å². The van der Waals surface area contributed by atoms with Crippen molar-refractivity contribution in [2.24, 2.45) is 0 Å². The van der Waals surface area contributed by atoms with Crippen LogP contribution in [0.2, 0.25) is 0 Å². The van der Waals surface area contributed by atoms with Crippen LogP contribution < -0.4 is 4.67 Å². The van der Waals surface area contributed by atoms with Gasteiger partial charge in [0.05, 0.1) is 0 Å². The van der Waals surface area contributed by atoms with E-state index in [1.165, 1.54) is 0 Å². The van der Waals surface area contributed by atoms with Crippen molar-refractivity contribution in [3.63, 3.8) is 0 Å². The van der Waals surface area contributed by atoms with Crippen LogP contribution in [0.25, 0.3) is 43.5 Å². The first-order chi connectivity index (χ1) is 12.7. The van der Waals surface area contributed by atoms with Gasteiger partial charge in [0.1, 0.15) is 0 Å². The Balaban J connectivity index is 0.00000112. The number of benzene rings is 4. The molecule has 0 N–H and O–H groups in total. The van der Waals surface area contributed by atoms with Crippen LogP contribution in [0.4, 0.5) is 0 Å². The van der Waals surface area contributed by atoms with E-state index in [4.69, 9.17) is 8.39 Å². The minimum Gasteiger partial charge on any atom is -0.436 e. The molecule has 0 spiro atoms. The van der Waals surface area contributed by atoms with Crippen LogP contribution in [0.3, 0.4) is 0 Å². The molecule has 5 rings (SSSR count). The van der Waals surface area contributed by atoms with Crippen molar-refractivity contribution in [1.29, 1.82) is 0 Å². The molecular weight excluding hydrogens is 714 g/mol. The van der Waals surface area contributed by atoms with Gasteiger partial charge in [0.2, 0.25) is 0 Å². The van der Waals surface area contributed by atoms with Gasteiger partial charge in [0, 0.05) is 66.1 Å². The van der Waals surface area contributed by atoms with E-state index >= 15 is 0 Å². The van der Waals surface area contributed by atoms with E-state index in [2.05, 4.69) is 48.5 Å². The quantitative estimate of drug-likeness (QED) is 0.188. The van der Waals surface area contributed by atoms with Gasteiger partial charge in [-0.1, -0.05) is 36.4 Å². The summed E-state index contributed by atoms with van der Waals surface area (Å²) in [6, 6.07) is 27.3. The molecule has 2 radical (unpaired) electrons. The molecule has 0 fully saturated rings. The molecule has 6 heteroatoms. The third-order valence-corrected chi connectivity index (χ3v) is 5.88. The van der Waals surface area contributed by atoms with Crippen molar-refractivity contribution < 1.29 is 49.2 Å². The normalized spacial score (nSPS) is 11.0. The summed E-state index contributed by atoms with van der Waals surface area (Å²) in [6.07, 6.45) is 0. The van der Waals surface area contributed by atoms with E-state index < -0.39 is 8.16 Å². The summed E-state index contributed by atoms with van der Waals surface area (Å²) in [5.74, 6) is 0. The van der Waals surface area contributed by atoms with Gasteiger partial charge < -0.3 is 8.39 Å². The van der Waals surface area contributed by atoms with Crippen LogP contribution in [0.1, 0.15) is 0 Å². The molecule has 28 heavy (non-hydrogen) atoms. The summed E-state index contributed by atoms with van der Waals surface area (Å²) in [7, 11) is 2.64. The Labute approximate surface area is 191 Å². The van der Waals surface area contributed by atoms with Gasteiger partial charge in [-0.3, -0.25) is 0 Å². The standard InChI is InChI=1S/C22H16NO2P.2Re/c1-23(2)26-24-19-13-11-15-7-3-5-9-17(15)21(19)22-18-10-6-4-8-16(18)12-14-20(22)25-26;;/h3-12H,1-2H3;;/q-2;;. The molecule has 0 saturated heterocycles. The maximum absolute atomic E-state index is 6.25. The van der Waals surface area contributed by atoms with Crippen LogP contribution in [0, 0.1) is 12.1 Å². The molecule has 5 aromatic rings. The third kappa shape index (κ3) is 3.49. The zero-order chi connectivity index (χ0) is 17.7. The Hall–Kier alpha value is -1.42. The van der Waals surface area contributed by atoms with E-state index in [0.29, 0.717) is 0 Å². The van der Waals surface area contributed by atoms with Crippen LogP contribution in [-0.2, 0) is 40.8 Å². The smallest absolute Gasteiger partial charge is 0.304 e. The van der Waals surface area contributed by atoms with E-state index in [0.717, 1.165) is 43.5 Å². The number of hydrogen-bond donors (Lipinski definition) is 0. The van der Waals surface area contributed by atoms with E-state index in [1.54, 1.807) is 0 Å². The first-order valence-electron chi connectivity index (χ1n) is 8.43. The van der Waals surface area contributed by atoms with E-state index in [9.17, 15) is 0 Å². The largest absolute Gasteiger partial charge is 0.436 e. The first-order valence-corrected chi connectivity index (χ1v) is 9.56. The van der Waals surface area contributed by atoms with Crippen molar-refractivity contribution in [3.8, 4) is 0 Å². The maximum Gasteiger partial charge on any atom is 0.304 e. The topological polar surface area (TPSA) is 29.5 Å². The molecule has 0 amide bonds. The summed E-state index contributed by atoms with van der Waals surface area (Å²) >= 11 is 0. The van der Waals surface area contributed by atoms with Crippen molar-refractivity contribution in [1.82, 2.24) is 0 Å². The predicted octanol–water partition coefficient (Wildman–Crippen LogP) is 6.39. The number of hydrogen-bond acceptors (Lipinski definition) is 3. The molecule has 0 aliphatic rings. The first kappa shape index (κ1) is 21.3. The Morgan fingerprint density at radius 2 is 1.14 bits per heavy atom. The van der Waals surface area contributed by atoms with E-state index in [-0.39, 0.29) is 40.8 Å². The molecule has 0 atom stereocenters. The number of rotatable bonds is 1. The summed E-state index contributed by atoms with van der Waals surface area (Å²) < 4.78 is 14.5. The molecular formula is C22H16NO2PRe2-2. The van der Waals surface area contributed by atoms with Gasteiger partial charge in [-0.2, -0.15) is 12.1 Å². The molecule has 0 saturated carbocycles. The fraction of sp³-hybridized carbons (Fsp3) is 0.0909. The SMILES string of the molecule is CN(C)p1oc2[c-]cc3ccccc3c2c2c([c-]cc3ccccc32)o1.[Re].[Re]. The van der Waals surface area contributed by atoms with Crippen LogP contribution >= 0.6 is 8.16 Å². The monoisotopic (exact) mass is 731 g/mol. The van der Waals surface area contributed by atoms with Crippen molar-refractivity contribution in [3.05, 3.63) is 72.8 Å². The fourth-order valence-electron chi connectivity index (χ4n) is 3.36. The zero-order valence-electron chi connectivity index (χ0n) is 15.2. The summed E-state index contributed by atoms with van der Waals surface area (Å²) in [5.41, 5.74) is 1.46. The average molecular weight is 730 g/mol. The predicted molar refractivity (Wildman–Crippen MR) is 109 cm³/mol. The molecule has 1 aromatic heterocycles. The zero-order valence-corrected chi connectivity index (χ0v) is 21.6. The van der Waals surface area contributed by atoms with E-state index in [1.807, 2.05) is 43.0 Å². The molecule has 0 aliphatic carbocycles. The van der Waals surface area contributed by atoms with Crippen molar-refractivity contribution in [2.75, 3.05) is 18.8 Å². The number of fused-ring (bicyclic) bond motifs is 7. The Morgan fingerprint density at radius 3 is 1.57 bits per heavy atom. The summed E-state index contributed by atoms with van der Waals surface area (Å²) in [5, 5.41) is 6.57. The fourth-order valence-corrected chi connectivity index (χ4v) is 4.32. The Morgan fingerprint density at radius 1 is 0.714 bits per heavy atom. The average Bonchev–Trinajstić information content (AvgIpc) is 2.85. The van der Waals surface area contributed by atoms with Crippen LogP contribution in [-0.4, -0.2) is 14.1 Å². The second-order valence-electron chi connectivity index (χ2n) is 6.43. The van der Waals surface area contributed by atoms with Gasteiger partial charge in [-0.05, 0) is 0 Å². The molecule has 1 heterocycles. The minimum atomic E-state index is -1.27. The molecule has 4 aromatic carbocycles. The molecule has 0 aliphatic heterocycles. The second kappa shape index (κ2) is 8.53. The number of nitrogens with zero attached hydrogens (tertiary/aromatic N) is 1.